The third-order valence-corrected chi connectivity index (χ3v) is 6.20. The third kappa shape index (κ3) is 5.06. The van der Waals surface area contributed by atoms with Crippen molar-refractivity contribution < 1.29 is 8.42 Å². The van der Waals surface area contributed by atoms with Crippen molar-refractivity contribution in [3.63, 3.8) is 0 Å². The lowest BCUT2D eigenvalue weighted by Gasteiger charge is -2.34. The van der Waals surface area contributed by atoms with Gasteiger partial charge in [0.25, 0.3) is 0 Å². The molecule has 5 heteroatoms. The molecular weight excluding hydrogens is 270 g/mol. The first kappa shape index (κ1) is 16.3. The highest BCUT2D eigenvalue weighted by Crippen LogP contribution is 2.22. The molecule has 0 spiro atoms. The Bertz CT molecular complexity index is 324. The Morgan fingerprint density at radius 3 is 2.28 bits per heavy atom. The Labute approximate surface area is 117 Å². The minimum absolute atomic E-state index is 0.262. The lowest BCUT2D eigenvalue weighted by molar-refractivity contribution is 0.173. The highest BCUT2D eigenvalue weighted by Gasteiger charge is 2.23. The summed E-state index contributed by atoms with van der Waals surface area (Å²) in [5, 5.41) is -0.276. The number of hydrogen-bond donors (Lipinski definition) is 0. The van der Waals surface area contributed by atoms with E-state index in [-0.39, 0.29) is 11.0 Å². The molecule has 0 amide bonds. The summed E-state index contributed by atoms with van der Waals surface area (Å²) in [6.07, 6.45) is 6.23. The summed E-state index contributed by atoms with van der Waals surface area (Å²) in [6, 6.07) is 0.542. The van der Waals surface area contributed by atoms with Crippen molar-refractivity contribution in [2.75, 3.05) is 24.7 Å². The molecule has 0 bridgehead atoms. The van der Waals surface area contributed by atoms with Gasteiger partial charge in [0.1, 0.15) is 0 Å². The second-order valence-corrected chi connectivity index (χ2v) is 8.49. The van der Waals surface area contributed by atoms with Crippen LogP contribution in [0.3, 0.4) is 0 Å². The van der Waals surface area contributed by atoms with E-state index in [0.29, 0.717) is 18.5 Å². The lowest BCUT2D eigenvalue weighted by Crippen LogP contribution is -2.41. The van der Waals surface area contributed by atoms with Crippen molar-refractivity contribution in [3.8, 4) is 0 Å². The molecule has 1 aliphatic carbocycles. The summed E-state index contributed by atoms with van der Waals surface area (Å²) >= 11 is 5.84. The van der Waals surface area contributed by atoms with E-state index in [1.54, 1.807) is 13.8 Å². The molecule has 0 radical (unpaired) electrons. The molecule has 0 unspecified atom stereocenters. The molecule has 0 atom stereocenters. The molecule has 0 aliphatic heterocycles. The molecule has 1 saturated carbocycles. The normalized spacial score (nSPS) is 18.7. The third-order valence-electron chi connectivity index (χ3n) is 3.84. The second kappa shape index (κ2) is 7.71. The zero-order valence-corrected chi connectivity index (χ0v) is 13.1. The zero-order chi connectivity index (χ0) is 13.6. The van der Waals surface area contributed by atoms with Gasteiger partial charge in [-0.15, -0.1) is 11.6 Å². The van der Waals surface area contributed by atoms with Crippen LogP contribution in [0, 0.1) is 0 Å². The maximum Gasteiger partial charge on any atom is 0.153 e. The quantitative estimate of drug-likeness (QED) is 0.678. The van der Waals surface area contributed by atoms with Gasteiger partial charge in [0.15, 0.2) is 9.84 Å². The van der Waals surface area contributed by atoms with Crippen LogP contribution < -0.4 is 0 Å². The summed E-state index contributed by atoms with van der Waals surface area (Å²) < 4.78 is 23.7. The summed E-state index contributed by atoms with van der Waals surface area (Å²) in [5.74, 6) is 0.844. The fourth-order valence-electron chi connectivity index (χ4n) is 2.51. The fraction of sp³-hybridized carbons (Fsp3) is 1.00. The van der Waals surface area contributed by atoms with Crippen molar-refractivity contribution in [3.05, 3.63) is 0 Å². The Hall–Kier alpha value is 0.200. The molecule has 108 valence electrons. The first-order chi connectivity index (χ1) is 8.47. The van der Waals surface area contributed by atoms with Gasteiger partial charge in [-0.25, -0.2) is 8.42 Å². The van der Waals surface area contributed by atoms with Crippen LogP contribution in [-0.4, -0.2) is 49.3 Å². The Morgan fingerprint density at radius 2 is 1.78 bits per heavy atom. The van der Waals surface area contributed by atoms with Crippen molar-refractivity contribution in [2.24, 2.45) is 0 Å². The van der Waals surface area contributed by atoms with Crippen molar-refractivity contribution in [2.45, 2.75) is 57.2 Å². The molecule has 0 heterocycles. The minimum atomic E-state index is -2.93. The molecule has 3 nitrogen and oxygen atoms in total. The van der Waals surface area contributed by atoms with Gasteiger partial charge in [0.2, 0.25) is 0 Å². The highest BCUT2D eigenvalue weighted by atomic mass is 35.5. The average Bonchev–Trinajstić information content (AvgIpc) is 2.35. The molecule has 0 N–H and O–H groups in total. The molecule has 0 aromatic carbocycles. The summed E-state index contributed by atoms with van der Waals surface area (Å²) in [6.45, 7) is 4.95. The number of alkyl halides is 1. The van der Waals surface area contributed by atoms with Gasteiger partial charge in [-0.05, 0) is 26.7 Å². The van der Waals surface area contributed by atoms with Crippen molar-refractivity contribution in [1.29, 1.82) is 0 Å². The number of nitrogens with zero attached hydrogens (tertiary/aromatic N) is 1. The van der Waals surface area contributed by atoms with Gasteiger partial charge in [-0.2, -0.15) is 0 Å². The lowest BCUT2D eigenvalue weighted by atomic mass is 9.94. The second-order valence-electron chi connectivity index (χ2n) is 5.43. The summed E-state index contributed by atoms with van der Waals surface area (Å²) in [7, 11) is -2.93. The number of hydrogen-bond acceptors (Lipinski definition) is 3. The van der Waals surface area contributed by atoms with E-state index in [4.69, 9.17) is 11.6 Å². The van der Waals surface area contributed by atoms with Gasteiger partial charge < -0.3 is 0 Å². The molecule has 18 heavy (non-hydrogen) atoms. The Balaban J connectivity index is 2.52. The van der Waals surface area contributed by atoms with Crippen LogP contribution in [-0.2, 0) is 9.84 Å². The minimum Gasteiger partial charge on any atom is -0.298 e. The predicted molar refractivity (Wildman–Crippen MR) is 78.1 cm³/mol. The maximum atomic E-state index is 11.9. The van der Waals surface area contributed by atoms with Crippen LogP contribution in [0.1, 0.15) is 46.0 Å². The smallest absolute Gasteiger partial charge is 0.153 e. The number of halogens is 1. The molecule has 0 saturated heterocycles. The van der Waals surface area contributed by atoms with E-state index in [0.717, 1.165) is 6.54 Å². The number of sulfone groups is 1. The van der Waals surface area contributed by atoms with Gasteiger partial charge in [-0.1, -0.05) is 19.3 Å². The van der Waals surface area contributed by atoms with E-state index >= 15 is 0 Å². The van der Waals surface area contributed by atoms with Crippen LogP contribution in [0.15, 0.2) is 0 Å². The summed E-state index contributed by atoms with van der Waals surface area (Å²) in [4.78, 5) is 2.28. The van der Waals surface area contributed by atoms with Crippen LogP contribution in [0.4, 0.5) is 0 Å². The SMILES string of the molecule is CC(C)S(=O)(=O)CCN(CCCl)C1CCCCC1. The predicted octanol–water partition coefficient (Wildman–Crippen LogP) is 2.68. The van der Waals surface area contributed by atoms with Crippen LogP contribution in [0.2, 0.25) is 0 Å². The van der Waals surface area contributed by atoms with Crippen LogP contribution >= 0.6 is 11.6 Å². The Morgan fingerprint density at radius 1 is 1.17 bits per heavy atom. The average molecular weight is 296 g/mol. The van der Waals surface area contributed by atoms with E-state index in [1.165, 1.54) is 32.1 Å². The van der Waals surface area contributed by atoms with E-state index in [1.807, 2.05) is 0 Å². The first-order valence-corrected chi connectivity index (χ1v) is 9.24. The molecule has 0 aromatic rings. The maximum absolute atomic E-state index is 11.9. The van der Waals surface area contributed by atoms with Gasteiger partial charge in [-0.3, -0.25) is 4.90 Å². The van der Waals surface area contributed by atoms with Crippen molar-refractivity contribution in [1.82, 2.24) is 4.90 Å². The van der Waals surface area contributed by atoms with Gasteiger partial charge in [0, 0.05) is 25.0 Å². The van der Waals surface area contributed by atoms with E-state index in [9.17, 15) is 8.42 Å². The van der Waals surface area contributed by atoms with Gasteiger partial charge >= 0.3 is 0 Å². The molecule has 0 aromatic heterocycles. The molecule has 1 aliphatic rings. The van der Waals surface area contributed by atoms with Crippen LogP contribution in [0.25, 0.3) is 0 Å². The largest absolute Gasteiger partial charge is 0.298 e. The van der Waals surface area contributed by atoms with E-state index < -0.39 is 9.84 Å². The summed E-state index contributed by atoms with van der Waals surface area (Å²) in [5.41, 5.74) is 0. The van der Waals surface area contributed by atoms with Gasteiger partial charge in [0.05, 0.1) is 11.0 Å². The molecular formula is C13H26ClNO2S. The van der Waals surface area contributed by atoms with Crippen molar-refractivity contribution >= 4 is 21.4 Å². The number of rotatable bonds is 7. The molecule has 1 rings (SSSR count). The fourth-order valence-corrected chi connectivity index (χ4v) is 3.69. The first-order valence-electron chi connectivity index (χ1n) is 6.99. The highest BCUT2D eigenvalue weighted by molar-refractivity contribution is 7.92. The standard InChI is InChI=1S/C13H26ClNO2S/c1-12(2)18(16,17)11-10-15(9-8-14)13-6-4-3-5-7-13/h12-13H,3-11H2,1-2H3. The topological polar surface area (TPSA) is 37.4 Å². The Kier molecular flexibility index (Phi) is 6.96. The monoisotopic (exact) mass is 295 g/mol. The zero-order valence-electron chi connectivity index (χ0n) is 11.6. The van der Waals surface area contributed by atoms with Crippen LogP contribution in [0.5, 0.6) is 0 Å². The van der Waals surface area contributed by atoms with E-state index in [2.05, 4.69) is 4.90 Å². The molecule has 1 fully saturated rings.